The molecule has 58 valence electrons. The maximum atomic E-state index is 5.23. The summed E-state index contributed by atoms with van der Waals surface area (Å²) < 4.78 is 0. The molecule has 0 aliphatic heterocycles. The van der Waals surface area contributed by atoms with Crippen LogP contribution < -0.4 is 11.3 Å². The number of hydrazine groups is 1. The second kappa shape index (κ2) is 3.56. The standard InChI is InChI=1S/C7H15N3/c1-9-7(10-8)5-6-3-2-4-6/h6H,2-5,8H2,1H3,(H,9,10). The summed E-state index contributed by atoms with van der Waals surface area (Å²) in [5, 5.41) is 0. The van der Waals surface area contributed by atoms with Gasteiger partial charge in [0.2, 0.25) is 0 Å². The van der Waals surface area contributed by atoms with Crippen LogP contribution in [0.4, 0.5) is 0 Å². The van der Waals surface area contributed by atoms with Gasteiger partial charge in [-0.15, -0.1) is 0 Å². The fourth-order valence-electron chi connectivity index (χ4n) is 1.19. The quantitative estimate of drug-likeness (QED) is 0.257. The van der Waals surface area contributed by atoms with Crippen molar-refractivity contribution in [2.75, 3.05) is 7.05 Å². The topological polar surface area (TPSA) is 50.4 Å². The second-order valence-corrected chi connectivity index (χ2v) is 2.82. The summed E-state index contributed by atoms with van der Waals surface area (Å²) in [6.45, 7) is 0. The van der Waals surface area contributed by atoms with E-state index in [1.54, 1.807) is 7.05 Å². The van der Waals surface area contributed by atoms with Crippen molar-refractivity contribution in [2.45, 2.75) is 25.7 Å². The predicted octanol–water partition coefficient (Wildman–Crippen LogP) is 0.668. The van der Waals surface area contributed by atoms with Gasteiger partial charge < -0.3 is 5.43 Å². The lowest BCUT2D eigenvalue weighted by molar-refractivity contribution is 0.325. The van der Waals surface area contributed by atoms with Crippen LogP contribution in [0.1, 0.15) is 25.7 Å². The van der Waals surface area contributed by atoms with Crippen LogP contribution >= 0.6 is 0 Å². The van der Waals surface area contributed by atoms with Crippen LogP contribution in [0.3, 0.4) is 0 Å². The Balaban J connectivity index is 2.21. The monoisotopic (exact) mass is 141 g/mol. The molecule has 0 saturated heterocycles. The SMILES string of the molecule is CN=C(CC1CCC1)NN. The van der Waals surface area contributed by atoms with Crippen molar-refractivity contribution in [1.82, 2.24) is 5.43 Å². The van der Waals surface area contributed by atoms with Gasteiger partial charge in [0.15, 0.2) is 0 Å². The Hall–Kier alpha value is -0.570. The van der Waals surface area contributed by atoms with Gasteiger partial charge in [-0.1, -0.05) is 19.3 Å². The minimum absolute atomic E-state index is 0.842. The first-order valence-corrected chi connectivity index (χ1v) is 3.79. The number of hydrogen-bond donors (Lipinski definition) is 2. The van der Waals surface area contributed by atoms with E-state index in [0.717, 1.165) is 18.2 Å². The van der Waals surface area contributed by atoms with Crippen molar-refractivity contribution in [3.63, 3.8) is 0 Å². The van der Waals surface area contributed by atoms with E-state index in [-0.39, 0.29) is 0 Å². The van der Waals surface area contributed by atoms with Gasteiger partial charge in [0.1, 0.15) is 5.84 Å². The summed E-state index contributed by atoms with van der Waals surface area (Å²) in [6, 6.07) is 0. The molecule has 0 aromatic carbocycles. The smallest absolute Gasteiger partial charge is 0.110 e. The van der Waals surface area contributed by atoms with Gasteiger partial charge in [-0.25, -0.2) is 5.84 Å². The highest BCUT2D eigenvalue weighted by Gasteiger charge is 2.18. The summed E-state index contributed by atoms with van der Waals surface area (Å²) in [5.41, 5.74) is 2.60. The predicted molar refractivity (Wildman–Crippen MR) is 42.6 cm³/mol. The molecular formula is C7H15N3. The van der Waals surface area contributed by atoms with Gasteiger partial charge in [0.05, 0.1) is 0 Å². The zero-order valence-electron chi connectivity index (χ0n) is 6.43. The molecule has 1 rings (SSSR count). The Morgan fingerprint density at radius 2 is 2.40 bits per heavy atom. The molecule has 0 amide bonds. The average molecular weight is 141 g/mol. The summed E-state index contributed by atoms with van der Waals surface area (Å²) >= 11 is 0. The zero-order valence-corrected chi connectivity index (χ0v) is 6.43. The molecule has 0 bridgehead atoms. The molecule has 3 nitrogen and oxygen atoms in total. The average Bonchev–Trinajstić information content (AvgIpc) is 1.87. The number of amidine groups is 1. The van der Waals surface area contributed by atoms with Gasteiger partial charge >= 0.3 is 0 Å². The van der Waals surface area contributed by atoms with Crippen LogP contribution in [-0.2, 0) is 0 Å². The molecule has 3 heteroatoms. The van der Waals surface area contributed by atoms with Gasteiger partial charge in [0, 0.05) is 13.5 Å². The summed E-state index contributed by atoms with van der Waals surface area (Å²) in [7, 11) is 1.77. The number of rotatable bonds is 2. The molecule has 1 saturated carbocycles. The van der Waals surface area contributed by atoms with Gasteiger partial charge in [-0.2, -0.15) is 0 Å². The molecule has 3 N–H and O–H groups in total. The van der Waals surface area contributed by atoms with E-state index in [0.29, 0.717) is 0 Å². The molecule has 0 radical (unpaired) electrons. The minimum Gasteiger partial charge on any atom is -0.312 e. The van der Waals surface area contributed by atoms with Crippen molar-refractivity contribution in [3.8, 4) is 0 Å². The van der Waals surface area contributed by atoms with E-state index in [1.165, 1.54) is 19.3 Å². The first-order valence-electron chi connectivity index (χ1n) is 3.79. The molecule has 0 atom stereocenters. The normalized spacial score (nSPS) is 20.4. The highest BCUT2D eigenvalue weighted by Crippen LogP contribution is 2.29. The minimum atomic E-state index is 0.842. The Kier molecular flexibility index (Phi) is 2.68. The fourth-order valence-corrected chi connectivity index (χ4v) is 1.19. The third-order valence-electron chi connectivity index (χ3n) is 2.14. The van der Waals surface area contributed by atoms with Crippen LogP contribution in [0, 0.1) is 5.92 Å². The van der Waals surface area contributed by atoms with Crippen LogP contribution in [0.5, 0.6) is 0 Å². The van der Waals surface area contributed by atoms with Crippen molar-refractivity contribution in [2.24, 2.45) is 16.8 Å². The molecule has 0 aromatic rings. The maximum Gasteiger partial charge on any atom is 0.110 e. The van der Waals surface area contributed by atoms with Crippen LogP contribution in [0.15, 0.2) is 4.99 Å². The Morgan fingerprint density at radius 1 is 1.70 bits per heavy atom. The van der Waals surface area contributed by atoms with E-state index in [1.807, 2.05) is 0 Å². The van der Waals surface area contributed by atoms with Crippen LogP contribution in [-0.4, -0.2) is 12.9 Å². The van der Waals surface area contributed by atoms with Crippen LogP contribution in [0.25, 0.3) is 0 Å². The molecular weight excluding hydrogens is 126 g/mol. The third-order valence-corrected chi connectivity index (χ3v) is 2.14. The molecule has 1 fully saturated rings. The Bertz CT molecular complexity index is 127. The fraction of sp³-hybridized carbons (Fsp3) is 0.857. The lowest BCUT2D eigenvalue weighted by Gasteiger charge is -2.25. The number of nitrogens with two attached hydrogens (primary N) is 1. The molecule has 1 aliphatic carbocycles. The molecule has 10 heavy (non-hydrogen) atoms. The second-order valence-electron chi connectivity index (χ2n) is 2.82. The Labute approximate surface area is 61.7 Å². The lowest BCUT2D eigenvalue weighted by Crippen LogP contribution is -2.33. The number of nitrogens with one attached hydrogen (secondary N) is 1. The molecule has 0 spiro atoms. The van der Waals surface area contributed by atoms with Crippen molar-refractivity contribution in [1.29, 1.82) is 0 Å². The summed E-state index contributed by atoms with van der Waals surface area (Å²) in [5.74, 6) is 7.01. The van der Waals surface area contributed by atoms with Gasteiger partial charge in [-0.05, 0) is 5.92 Å². The highest BCUT2D eigenvalue weighted by atomic mass is 15.2. The first kappa shape index (κ1) is 7.54. The number of hydrogen-bond acceptors (Lipinski definition) is 2. The number of aliphatic imine (C=N–C) groups is 1. The summed E-state index contributed by atoms with van der Waals surface area (Å²) in [6.07, 6.45) is 5.11. The highest BCUT2D eigenvalue weighted by molar-refractivity contribution is 5.81. The maximum absolute atomic E-state index is 5.23. The van der Waals surface area contributed by atoms with E-state index in [4.69, 9.17) is 5.84 Å². The van der Waals surface area contributed by atoms with E-state index >= 15 is 0 Å². The molecule has 0 heterocycles. The van der Waals surface area contributed by atoms with Crippen molar-refractivity contribution >= 4 is 5.84 Å². The zero-order chi connectivity index (χ0) is 7.40. The number of nitrogens with zero attached hydrogens (tertiary/aromatic N) is 1. The molecule has 0 aromatic heterocycles. The van der Waals surface area contributed by atoms with E-state index in [9.17, 15) is 0 Å². The Morgan fingerprint density at radius 3 is 2.70 bits per heavy atom. The molecule has 1 aliphatic rings. The third kappa shape index (κ3) is 1.70. The largest absolute Gasteiger partial charge is 0.312 e. The van der Waals surface area contributed by atoms with E-state index < -0.39 is 0 Å². The van der Waals surface area contributed by atoms with Gasteiger partial charge in [0.25, 0.3) is 0 Å². The first-order chi connectivity index (χ1) is 4.86. The van der Waals surface area contributed by atoms with Crippen LogP contribution in [0.2, 0.25) is 0 Å². The summed E-state index contributed by atoms with van der Waals surface area (Å²) in [4.78, 5) is 4.01. The van der Waals surface area contributed by atoms with Gasteiger partial charge in [-0.3, -0.25) is 4.99 Å². The van der Waals surface area contributed by atoms with Crippen molar-refractivity contribution in [3.05, 3.63) is 0 Å². The van der Waals surface area contributed by atoms with E-state index in [2.05, 4.69) is 10.4 Å². The molecule has 0 unspecified atom stereocenters. The lowest BCUT2D eigenvalue weighted by atomic mass is 9.83. The van der Waals surface area contributed by atoms with Crippen molar-refractivity contribution < 1.29 is 0 Å².